The average molecular weight is 425 g/mol. The molecule has 0 heteroatoms. The molecular formula is C33H28. The minimum atomic E-state index is 0.325. The molecule has 2 aliphatic carbocycles. The van der Waals surface area contributed by atoms with E-state index in [0.717, 1.165) is 0 Å². The highest BCUT2D eigenvalue weighted by Crippen LogP contribution is 2.40. The van der Waals surface area contributed by atoms with Gasteiger partial charge in [0.15, 0.2) is 0 Å². The number of rotatable bonds is 3. The van der Waals surface area contributed by atoms with Crippen LogP contribution in [0.1, 0.15) is 36.5 Å². The summed E-state index contributed by atoms with van der Waals surface area (Å²) in [6.45, 7) is 4.51. The highest BCUT2D eigenvalue weighted by atomic mass is 14.3. The van der Waals surface area contributed by atoms with Crippen LogP contribution in [0.4, 0.5) is 0 Å². The van der Waals surface area contributed by atoms with E-state index in [1.54, 1.807) is 0 Å². The highest BCUT2D eigenvalue weighted by Gasteiger charge is 2.31. The maximum atomic E-state index is 2.40. The second-order valence-corrected chi connectivity index (χ2v) is 9.53. The Morgan fingerprint density at radius 3 is 1.73 bits per heavy atom. The smallest absolute Gasteiger partial charge is 0.0137 e. The Morgan fingerprint density at radius 1 is 0.545 bits per heavy atom. The molecule has 0 saturated heterocycles. The van der Waals surface area contributed by atoms with Gasteiger partial charge in [-0.3, -0.25) is 0 Å². The molecule has 0 aliphatic heterocycles. The van der Waals surface area contributed by atoms with E-state index in [2.05, 4.69) is 129 Å². The van der Waals surface area contributed by atoms with Crippen molar-refractivity contribution < 1.29 is 0 Å². The Bertz CT molecular complexity index is 1530. The predicted octanol–water partition coefficient (Wildman–Crippen LogP) is 6.73. The van der Waals surface area contributed by atoms with Crippen molar-refractivity contribution in [3.63, 3.8) is 0 Å². The van der Waals surface area contributed by atoms with Crippen LogP contribution in [-0.4, -0.2) is 0 Å². The number of hydrogen-bond acceptors (Lipinski definition) is 0. The van der Waals surface area contributed by atoms with Gasteiger partial charge >= 0.3 is 0 Å². The normalized spacial score (nSPS) is 19.1. The molecular weight excluding hydrogens is 396 g/mol. The molecule has 0 nitrogen and oxygen atoms in total. The van der Waals surface area contributed by atoms with Crippen LogP contribution in [-0.2, 0) is 0 Å². The minimum absolute atomic E-state index is 0.325. The fourth-order valence-electron chi connectivity index (χ4n) is 5.57. The van der Waals surface area contributed by atoms with E-state index >= 15 is 0 Å². The zero-order valence-corrected chi connectivity index (χ0v) is 19.2. The van der Waals surface area contributed by atoms with Gasteiger partial charge in [-0.05, 0) is 61.0 Å². The largest absolute Gasteiger partial charge is 0.0760 e. The van der Waals surface area contributed by atoms with Gasteiger partial charge in [-0.15, -0.1) is 0 Å². The van der Waals surface area contributed by atoms with E-state index in [-0.39, 0.29) is 0 Å². The molecule has 0 spiro atoms. The lowest BCUT2D eigenvalue weighted by Crippen LogP contribution is -2.40. The lowest BCUT2D eigenvalue weighted by molar-refractivity contribution is 0.686. The molecule has 33 heavy (non-hydrogen) atoms. The molecule has 4 aromatic carbocycles. The number of benzene rings is 4. The summed E-state index contributed by atoms with van der Waals surface area (Å²) in [5, 5.41) is 5.31. The Kier molecular flexibility index (Phi) is 4.88. The van der Waals surface area contributed by atoms with Crippen molar-refractivity contribution in [2.45, 2.75) is 19.8 Å². The first kappa shape index (κ1) is 20.0. The lowest BCUT2D eigenvalue weighted by Gasteiger charge is -2.33. The zero-order valence-electron chi connectivity index (χ0n) is 19.2. The third kappa shape index (κ3) is 3.38. The molecule has 4 aromatic rings. The second-order valence-electron chi connectivity index (χ2n) is 9.53. The molecule has 0 fully saturated rings. The highest BCUT2D eigenvalue weighted by molar-refractivity contribution is 5.88. The summed E-state index contributed by atoms with van der Waals surface area (Å²) < 4.78 is 0. The van der Waals surface area contributed by atoms with Crippen molar-refractivity contribution >= 4 is 21.9 Å². The first-order chi connectivity index (χ1) is 16.2. The fourth-order valence-corrected chi connectivity index (χ4v) is 5.57. The number of allylic oxidation sites excluding steroid dienone is 4. The molecule has 0 aromatic heterocycles. The molecule has 2 aliphatic rings. The van der Waals surface area contributed by atoms with Crippen LogP contribution in [0.15, 0.2) is 115 Å². The third-order valence-electron chi connectivity index (χ3n) is 7.26. The van der Waals surface area contributed by atoms with Gasteiger partial charge in [0.2, 0.25) is 0 Å². The van der Waals surface area contributed by atoms with E-state index in [4.69, 9.17) is 0 Å². The van der Waals surface area contributed by atoms with Gasteiger partial charge in [0.05, 0.1) is 0 Å². The van der Waals surface area contributed by atoms with Crippen LogP contribution in [0, 0.1) is 11.8 Å². The zero-order chi connectivity index (χ0) is 22.4. The van der Waals surface area contributed by atoms with Crippen LogP contribution in [0.25, 0.3) is 21.9 Å². The van der Waals surface area contributed by atoms with E-state index in [9.17, 15) is 0 Å². The lowest BCUT2D eigenvalue weighted by atomic mass is 9.70. The number of fused-ring (bicyclic) bond motifs is 3. The third-order valence-corrected chi connectivity index (χ3v) is 7.26. The van der Waals surface area contributed by atoms with Gasteiger partial charge < -0.3 is 0 Å². The maximum absolute atomic E-state index is 2.40. The van der Waals surface area contributed by atoms with Crippen molar-refractivity contribution in [2.24, 2.45) is 11.8 Å². The molecule has 0 amide bonds. The SMILES string of the molecule is CC(C)c1ccc(C2=c3ccccc3=C(c3ccc4ccccc4c3)C3C=CC=CC23)cc1. The maximum Gasteiger partial charge on any atom is 0.0137 e. The Balaban J connectivity index is 1.67. The van der Waals surface area contributed by atoms with Crippen molar-refractivity contribution in [1.29, 1.82) is 0 Å². The van der Waals surface area contributed by atoms with Crippen molar-refractivity contribution in [2.75, 3.05) is 0 Å². The monoisotopic (exact) mass is 424 g/mol. The van der Waals surface area contributed by atoms with E-state index in [1.807, 2.05) is 0 Å². The fraction of sp³-hybridized carbons (Fsp3) is 0.152. The van der Waals surface area contributed by atoms with Crippen molar-refractivity contribution in [3.8, 4) is 0 Å². The van der Waals surface area contributed by atoms with Gasteiger partial charge in [-0.2, -0.15) is 0 Å². The van der Waals surface area contributed by atoms with Crippen LogP contribution >= 0.6 is 0 Å². The average Bonchev–Trinajstić information content (AvgIpc) is 2.87. The van der Waals surface area contributed by atoms with Crippen LogP contribution < -0.4 is 10.4 Å². The van der Waals surface area contributed by atoms with Crippen molar-refractivity contribution in [3.05, 3.63) is 142 Å². The van der Waals surface area contributed by atoms with Gasteiger partial charge in [-0.1, -0.05) is 123 Å². The summed E-state index contributed by atoms with van der Waals surface area (Å²) in [4.78, 5) is 0. The number of hydrogen-bond donors (Lipinski definition) is 0. The van der Waals surface area contributed by atoms with Crippen LogP contribution in [0.2, 0.25) is 0 Å². The summed E-state index contributed by atoms with van der Waals surface area (Å²) in [6, 6.07) is 33.8. The standard InChI is InChI=1S/C33H28/c1-22(2)23-15-18-25(19-16-23)32-28-11-5-7-13-30(28)33(31-14-8-6-12-29(31)32)27-20-17-24-9-3-4-10-26(24)21-27/h3-22,28,30H,1-2H3. The van der Waals surface area contributed by atoms with E-state index in [0.29, 0.717) is 17.8 Å². The molecule has 2 atom stereocenters. The molecule has 0 saturated carbocycles. The summed E-state index contributed by atoms with van der Waals surface area (Å²) in [5.41, 5.74) is 6.92. The first-order valence-corrected chi connectivity index (χ1v) is 12.0. The Morgan fingerprint density at radius 2 is 1.09 bits per heavy atom. The van der Waals surface area contributed by atoms with E-state index in [1.165, 1.54) is 49.0 Å². The first-order valence-electron chi connectivity index (χ1n) is 12.0. The summed E-state index contributed by atoms with van der Waals surface area (Å²) in [7, 11) is 0. The predicted molar refractivity (Wildman–Crippen MR) is 140 cm³/mol. The van der Waals surface area contributed by atoms with Crippen LogP contribution in [0.5, 0.6) is 0 Å². The molecule has 2 unspecified atom stereocenters. The molecule has 6 rings (SSSR count). The topological polar surface area (TPSA) is 0 Å². The second kappa shape index (κ2) is 8.05. The summed E-state index contributed by atoms with van der Waals surface area (Å²) >= 11 is 0. The Hall–Kier alpha value is -3.64. The van der Waals surface area contributed by atoms with Gasteiger partial charge in [0.25, 0.3) is 0 Å². The molecule has 0 radical (unpaired) electrons. The molecule has 0 heterocycles. The van der Waals surface area contributed by atoms with Gasteiger partial charge in [-0.25, -0.2) is 0 Å². The quantitative estimate of drug-likeness (QED) is 0.342. The van der Waals surface area contributed by atoms with Crippen LogP contribution in [0.3, 0.4) is 0 Å². The molecule has 0 N–H and O–H groups in total. The summed E-state index contributed by atoms with van der Waals surface area (Å²) in [6.07, 6.45) is 9.23. The molecule has 160 valence electrons. The molecule has 0 bridgehead atoms. The van der Waals surface area contributed by atoms with Gasteiger partial charge in [0.1, 0.15) is 0 Å². The van der Waals surface area contributed by atoms with Gasteiger partial charge in [0, 0.05) is 11.8 Å². The van der Waals surface area contributed by atoms with E-state index < -0.39 is 0 Å². The minimum Gasteiger partial charge on any atom is -0.0760 e. The summed E-state index contributed by atoms with van der Waals surface area (Å²) in [5.74, 6) is 1.20. The van der Waals surface area contributed by atoms with Crippen molar-refractivity contribution in [1.82, 2.24) is 0 Å². The Labute approximate surface area is 195 Å².